The van der Waals surface area contributed by atoms with E-state index in [9.17, 15) is 31.7 Å². The minimum Gasteiger partial charge on any atom is -0.588 e. The van der Waals surface area contributed by atoms with Gasteiger partial charge in [-0.1, -0.05) is 6.07 Å². The van der Waals surface area contributed by atoms with Gasteiger partial charge in [-0.05, 0) is 43.7 Å². The highest BCUT2D eigenvalue weighted by molar-refractivity contribution is 7.89. The molecule has 0 saturated heterocycles. The molecule has 0 spiro atoms. The number of rotatable bonds is 7. The van der Waals surface area contributed by atoms with Crippen LogP contribution in [0.15, 0.2) is 41.3 Å². The molecule has 37 heavy (non-hydrogen) atoms. The molecule has 0 aliphatic rings. The summed E-state index contributed by atoms with van der Waals surface area (Å²) in [7, 11) is 1.27. The molecular formula is C22H20F4N6O4S. The van der Waals surface area contributed by atoms with Crippen LogP contribution < -0.4 is 15.8 Å². The zero-order valence-corrected chi connectivity index (χ0v) is 20.4. The van der Waals surface area contributed by atoms with E-state index in [1.807, 2.05) is 0 Å². The molecule has 3 N–H and O–H groups in total. The number of nitrogens with one attached hydrogen (secondary N) is 1. The maximum absolute atomic E-state index is 13.5. The summed E-state index contributed by atoms with van der Waals surface area (Å²) in [4.78, 5) is 28.6. The van der Waals surface area contributed by atoms with Crippen molar-refractivity contribution in [2.24, 2.45) is 5.73 Å². The van der Waals surface area contributed by atoms with Crippen molar-refractivity contribution in [3.63, 3.8) is 0 Å². The number of alkyl halides is 3. The van der Waals surface area contributed by atoms with Crippen LogP contribution in [0.3, 0.4) is 0 Å². The first-order valence-corrected chi connectivity index (χ1v) is 11.5. The van der Waals surface area contributed by atoms with Gasteiger partial charge in [0.2, 0.25) is 5.95 Å². The molecule has 3 rings (SSSR count). The number of aromatic nitrogens is 3. The molecule has 15 heteroatoms. The lowest BCUT2D eigenvalue weighted by atomic mass is 10.1. The van der Waals surface area contributed by atoms with Crippen molar-refractivity contribution in [2.45, 2.75) is 24.9 Å². The number of pyridine rings is 1. The first-order chi connectivity index (χ1) is 17.3. The Morgan fingerprint density at radius 2 is 1.89 bits per heavy atom. The Morgan fingerprint density at radius 1 is 1.19 bits per heavy atom. The second-order valence-corrected chi connectivity index (χ2v) is 9.01. The van der Waals surface area contributed by atoms with E-state index < -0.39 is 58.0 Å². The van der Waals surface area contributed by atoms with Crippen LogP contribution in [0.2, 0.25) is 0 Å². The number of hydrogen-bond acceptors (Lipinski definition) is 8. The standard InChI is InChI=1S/C22H20F4N6O4S/c1-11-18(20(34)29-13-5-4-6-14(9-13)37(35)32(3)17(33)10-27)21(31-30-19(11)22(24,25)26)36-15-7-8-16(23)28-12(15)2/h4-9H,10,27H2,1-3H3,(H,29,34)/t37-/m1/s1. The third-order valence-corrected chi connectivity index (χ3v) is 6.32. The SMILES string of the molecule is Cc1nc(F)ccc1Oc1nnc(C(F)(F)F)c(C)c1C(=O)Nc1cccc([S@@+]([O-])N(C)C(=O)CN)c1. The van der Waals surface area contributed by atoms with Crippen molar-refractivity contribution in [1.29, 1.82) is 0 Å². The highest BCUT2D eigenvalue weighted by Gasteiger charge is 2.38. The van der Waals surface area contributed by atoms with Gasteiger partial charge >= 0.3 is 6.18 Å². The van der Waals surface area contributed by atoms with E-state index in [0.29, 0.717) is 0 Å². The number of ether oxygens (including phenoxy) is 1. The Morgan fingerprint density at radius 3 is 2.51 bits per heavy atom. The molecule has 0 fully saturated rings. The van der Waals surface area contributed by atoms with Gasteiger partial charge in [0.25, 0.3) is 17.7 Å². The largest absolute Gasteiger partial charge is 0.588 e. The molecule has 0 aliphatic heterocycles. The number of hydrogen-bond donors (Lipinski definition) is 2. The lowest BCUT2D eigenvalue weighted by Gasteiger charge is -2.19. The molecule has 2 aromatic heterocycles. The minimum absolute atomic E-state index is 0.0528. The summed E-state index contributed by atoms with van der Waals surface area (Å²) in [5.41, 5.74) is 2.82. The molecule has 3 aromatic rings. The molecular weight excluding hydrogens is 520 g/mol. The van der Waals surface area contributed by atoms with Crippen molar-refractivity contribution in [1.82, 2.24) is 19.5 Å². The third-order valence-electron chi connectivity index (χ3n) is 4.96. The van der Waals surface area contributed by atoms with E-state index >= 15 is 0 Å². The first kappa shape index (κ1) is 27.8. The summed E-state index contributed by atoms with van der Waals surface area (Å²) in [6.07, 6.45) is -4.92. The van der Waals surface area contributed by atoms with Crippen molar-refractivity contribution in [3.05, 3.63) is 64.9 Å². The maximum Gasteiger partial charge on any atom is 0.435 e. The van der Waals surface area contributed by atoms with E-state index in [1.54, 1.807) is 0 Å². The molecule has 0 aliphatic carbocycles. The molecule has 0 unspecified atom stereocenters. The van der Waals surface area contributed by atoms with Crippen LogP contribution >= 0.6 is 0 Å². The molecule has 10 nitrogen and oxygen atoms in total. The van der Waals surface area contributed by atoms with Gasteiger partial charge in [-0.25, -0.2) is 4.98 Å². The lowest BCUT2D eigenvalue weighted by molar-refractivity contribution is -0.142. The number of nitrogens with zero attached hydrogens (tertiary/aromatic N) is 4. The summed E-state index contributed by atoms with van der Waals surface area (Å²) in [6, 6.07) is 7.65. The zero-order valence-electron chi connectivity index (χ0n) is 19.6. The number of benzene rings is 1. The molecule has 1 aromatic carbocycles. The Bertz CT molecular complexity index is 1340. The fourth-order valence-electron chi connectivity index (χ4n) is 3.09. The van der Waals surface area contributed by atoms with Crippen molar-refractivity contribution >= 4 is 28.9 Å². The van der Waals surface area contributed by atoms with Gasteiger partial charge in [-0.3, -0.25) is 9.59 Å². The number of carbonyl (C=O) groups excluding carboxylic acids is 2. The average molecular weight is 540 g/mol. The number of anilines is 1. The lowest BCUT2D eigenvalue weighted by Crippen LogP contribution is -2.37. The Kier molecular flexibility index (Phi) is 8.30. The van der Waals surface area contributed by atoms with Gasteiger partial charge in [0.15, 0.2) is 16.3 Å². The second kappa shape index (κ2) is 11.1. The van der Waals surface area contributed by atoms with Crippen LogP contribution in [0.1, 0.15) is 27.3 Å². The van der Waals surface area contributed by atoms with Gasteiger partial charge in [-0.15, -0.1) is 10.2 Å². The van der Waals surface area contributed by atoms with Crippen molar-refractivity contribution in [2.75, 3.05) is 18.9 Å². The normalized spacial score (nSPS) is 12.1. The predicted octanol–water partition coefficient (Wildman–Crippen LogP) is 3.13. The summed E-state index contributed by atoms with van der Waals surface area (Å²) < 4.78 is 72.9. The van der Waals surface area contributed by atoms with Crippen LogP contribution in [0.4, 0.5) is 23.2 Å². The number of carbonyl (C=O) groups is 2. The molecule has 2 heterocycles. The van der Waals surface area contributed by atoms with Crippen LogP contribution in [0, 0.1) is 19.8 Å². The van der Waals surface area contributed by atoms with Crippen LogP contribution in [-0.4, -0.2) is 49.4 Å². The number of halogens is 4. The Balaban J connectivity index is 2.00. The monoisotopic (exact) mass is 540 g/mol. The summed E-state index contributed by atoms with van der Waals surface area (Å²) >= 11 is -1.96. The molecule has 196 valence electrons. The molecule has 0 saturated carbocycles. The van der Waals surface area contributed by atoms with E-state index in [2.05, 4.69) is 20.5 Å². The van der Waals surface area contributed by atoms with Crippen molar-refractivity contribution in [3.8, 4) is 11.6 Å². The minimum atomic E-state index is -4.92. The van der Waals surface area contributed by atoms with Crippen LogP contribution in [0.25, 0.3) is 0 Å². The second-order valence-electron chi connectivity index (χ2n) is 7.50. The predicted molar refractivity (Wildman–Crippen MR) is 123 cm³/mol. The van der Waals surface area contributed by atoms with Crippen LogP contribution in [0.5, 0.6) is 11.6 Å². The smallest absolute Gasteiger partial charge is 0.435 e. The van der Waals surface area contributed by atoms with Gasteiger partial charge in [0.1, 0.15) is 16.9 Å². The van der Waals surface area contributed by atoms with E-state index in [-0.39, 0.29) is 28.6 Å². The fraction of sp³-hybridized carbons (Fsp3) is 0.227. The summed E-state index contributed by atoms with van der Waals surface area (Å²) in [6.45, 7) is 2.04. The molecule has 0 radical (unpaired) electrons. The van der Waals surface area contributed by atoms with Gasteiger partial charge in [0.05, 0.1) is 19.3 Å². The Labute approximate surface area is 211 Å². The summed E-state index contributed by atoms with van der Waals surface area (Å²) in [5, 5.41) is 9.02. The van der Waals surface area contributed by atoms with Crippen LogP contribution in [-0.2, 0) is 22.3 Å². The van der Waals surface area contributed by atoms with Gasteiger partial charge < -0.3 is 20.3 Å². The molecule has 1 atom stereocenters. The maximum atomic E-state index is 13.5. The van der Waals surface area contributed by atoms with E-state index in [0.717, 1.165) is 17.3 Å². The first-order valence-electron chi connectivity index (χ1n) is 10.4. The average Bonchev–Trinajstić information content (AvgIpc) is 2.83. The van der Waals surface area contributed by atoms with E-state index in [1.165, 1.54) is 44.3 Å². The quantitative estimate of drug-likeness (QED) is 0.264. The molecule has 2 amide bonds. The number of nitrogens with two attached hydrogens (primary N) is 1. The van der Waals surface area contributed by atoms with Crippen molar-refractivity contribution < 1.29 is 36.4 Å². The number of amides is 2. The fourth-order valence-corrected chi connectivity index (χ4v) is 4.09. The number of likely N-dealkylation sites (N-methyl/N-ethyl adjacent to an activating group) is 1. The van der Waals surface area contributed by atoms with E-state index in [4.69, 9.17) is 10.5 Å². The molecule has 0 bridgehead atoms. The topological polar surface area (TPSA) is 146 Å². The summed E-state index contributed by atoms with van der Waals surface area (Å²) in [5.74, 6) is -3.09. The zero-order chi connectivity index (χ0) is 27.5. The highest BCUT2D eigenvalue weighted by atomic mass is 32.2. The number of aryl methyl sites for hydroxylation is 1. The van der Waals surface area contributed by atoms with Gasteiger partial charge in [0, 0.05) is 11.8 Å². The van der Waals surface area contributed by atoms with Gasteiger partial charge in [-0.2, -0.15) is 21.9 Å². The third kappa shape index (κ3) is 6.31. The Hall–Kier alpha value is -3.82. The highest BCUT2D eigenvalue weighted by Crippen LogP contribution is 2.35.